The lowest BCUT2D eigenvalue weighted by molar-refractivity contribution is -0.337. The Labute approximate surface area is 85.1 Å². The van der Waals surface area contributed by atoms with E-state index in [1.807, 2.05) is 0 Å². The quantitative estimate of drug-likeness (QED) is 0.563. The maximum Gasteiger partial charge on any atom is 0.227 e. The van der Waals surface area contributed by atoms with Crippen LogP contribution < -0.4 is 0 Å². The lowest BCUT2D eigenvalue weighted by atomic mass is 10.0. The van der Waals surface area contributed by atoms with Crippen molar-refractivity contribution in [2.75, 3.05) is 0 Å². The Morgan fingerprint density at radius 1 is 1.36 bits per heavy atom. The fourth-order valence-electron chi connectivity index (χ4n) is 2.08. The molecule has 2 saturated heterocycles. The number of fused-ring (bicyclic) bond motifs is 2. The highest BCUT2D eigenvalue weighted by molar-refractivity contribution is 6.76. The molecule has 0 aliphatic carbocycles. The van der Waals surface area contributed by atoms with Crippen molar-refractivity contribution in [3.63, 3.8) is 0 Å². The van der Waals surface area contributed by atoms with Crippen LogP contribution in [0.3, 0.4) is 0 Å². The Bertz CT molecular complexity index is 227. The van der Waals surface area contributed by atoms with E-state index in [4.69, 9.17) is 14.5 Å². The molecule has 5 heteroatoms. The van der Waals surface area contributed by atoms with Crippen molar-refractivity contribution in [2.45, 2.75) is 56.7 Å². The van der Waals surface area contributed by atoms with E-state index in [2.05, 4.69) is 19.6 Å². The molecule has 0 spiro atoms. The van der Waals surface area contributed by atoms with Gasteiger partial charge in [-0.1, -0.05) is 19.6 Å². The molecule has 14 heavy (non-hydrogen) atoms. The van der Waals surface area contributed by atoms with Crippen LogP contribution in [-0.4, -0.2) is 31.4 Å². The van der Waals surface area contributed by atoms with Gasteiger partial charge in [-0.2, -0.15) is 4.89 Å². The third kappa shape index (κ3) is 1.87. The number of aliphatic hydroxyl groups is 1. The molecule has 0 aromatic rings. The normalized spacial score (nSPS) is 42.9. The molecule has 2 aliphatic heterocycles. The van der Waals surface area contributed by atoms with Gasteiger partial charge >= 0.3 is 0 Å². The number of hydrogen-bond acceptors (Lipinski definition) is 4. The van der Waals surface area contributed by atoms with Gasteiger partial charge in [-0.15, -0.1) is 0 Å². The minimum Gasteiger partial charge on any atom is -0.387 e. The minimum atomic E-state index is -1.34. The first kappa shape index (κ1) is 10.6. The van der Waals surface area contributed by atoms with Gasteiger partial charge in [-0.25, -0.2) is 4.89 Å². The highest BCUT2D eigenvalue weighted by Crippen LogP contribution is 2.42. The van der Waals surface area contributed by atoms with Gasteiger partial charge in [0.2, 0.25) is 5.79 Å². The molecule has 4 nitrogen and oxygen atoms in total. The smallest absolute Gasteiger partial charge is 0.227 e. The van der Waals surface area contributed by atoms with Crippen LogP contribution >= 0.6 is 0 Å². The summed E-state index contributed by atoms with van der Waals surface area (Å²) in [6.07, 6.45) is 0.603. The first-order valence-electron chi connectivity index (χ1n) is 5.12. The summed E-state index contributed by atoms with van der Waals surface area (Å²) >= 11 is 0. The summed E-state index contributed by atoms with van der Waals surface area (Å²) in [5, 5.41) is 9.90. The Balaban J connectivity index is 2.13. The molecular weight excluding hydrogens is 200 g/mol. The average Bonchev–Trinajstić information content (AvgIpc) is 2.36. The van der Waals surface area contributed by atoms with Crippen LogP contribution in [0.2, 0.25) is 25.7 Å². The molecule has 2 fully saturated rings. The fraction of sp³-hybridized carbons (Fsp3) is 1.00. The van der Waals surface area contributed by atoms with Crippen molar-refractivity contribution in [1.82, 2.24) is 0 Å². The van der Waals surface area contributed by atoms with E-state index >= 15 is 0 Å². The summed E-state index contributed by atoms with van der Waals surface area (Å²) < 4.78 is 5.61. The summed E-state index contributed by atoms with van der Waals surface area (Å²) in [5.74, 6) is -0.868. The number of ether oxygens (including phenoxy) is 1. The summed E-state index contributed by atoms with van der Waals surface area (Å²) in [7, 11) is -1.34. The van der Waals surface area contributed by atoms with E-state index in [-0.39, 0.29) is 6.29 Å². The summed E-state index contributed by atoms with van der Waals surface area (Å²) in [6.45, 7) is 6.68. The van der Waals surface area contributed by atoms with Gasteiger partial charge in [0.1, 0.15) is 6.10 Å². The largest absolute Gasteiger partial charge is 0.387 e. The van der Waals surface area contributed by atoms with Crippen LogP contribution in [0, 0.1) is 0 Å². The molecule has 82 valence electrons. The monoisotopic (exact) mass is 218 g/mol. The molecule has 1 unspecified atom stereocenters. The molecule has 2 aliphatic rings. The zero-order chi connectivity index (χ0) is 10.4. The molecule has 0 amide bonds. The van der Waals surface area contributed by atoms with Gasteiger partial charge < -0.3 is 9.84 Å². The van der Waals surface area contributed by atoms with Crippen LogP contribution in [-0.2, 0) is 14.5 Å². The van der Waals surface area contributed by atoms with E-state index in [0.717, 1.165) is 6.04 Å². The van der Waals surface area contributed by atoms with Gasteiger partial charge in [-0.05, 0) is 6.42 Å². The predicted molar refractivity (Wildman–Crippen MR) is 53.2 cm³/mol. The van der Waals surface area contributed by atoms with Crippen molar-refractivity contribution < 1.29 is 19.6 Å². The molecule has 2 heterocycles. The zero-order valence-corrected chi connectivity index (χ0v) is 9.95. The number of hydrogen-bond donors (Lipinski definition) is 1. The van der Waals surface area contributed by atoms with Crippen LogP contribution in [0.1, 0.15) is 12.8 Å². The maximum atomic E-state index is 9.90. The first-order chi connectivity index (χ1) is 6.41. The highest BCUT2D eigenvalue weighted by Gasteiger charge is 2.54. The number of rotatable bonds is 2. The summed E-state index contributed by atoms with van der Waals surface area (Å²) in [5.41, 5.74) is 0. The zero-order valence-electron chi connectivity index (χ0n) is 8.95. The topological polar surface area (TPSA) is 47.9 Å². The van der Waals surface area contributed by atoms with E-state index in [0.29, 0.717) is 12.8 Å². The molecular formula is C9H18O4Si. The Hall–Kier alpha value is 0.0569. The van der Waals surface area contributed by atoms with Gasteiger partial charge in [0.25, 0.3) is 0 Å². The first-order valence-corrected chi connectivity index (χ1v) is 8.82. The summed E-state index contributed by atoms with van der Waals surface area (Å²) in [4.78, 5) is 10.3. The molecule has 0 saturated carbocycles. The molecule has 0 aromatic heterocycles. The Morgan fingerprint density at radius 3 is 2.71 bits per heavy atom. The Morgan fingerprint density at radius 2 is 2.07 bits per heavy atom. The second kappa shape index (κ2) is 3.28. The highest BCUT2D eigenvalue weighted by atomic mass is 28.3. The van der Waals surface area contributed by atoms with Crippen molar-refractivity contribution in [2.24, 2.45) is 0 Å². The third-order valence-electron chi connectivity index (χ3n) is 2.59. The lowest BCUT2D eigenvalue weighted by Gasteiger charge is -2.36. The van der Waals surface area contributed by atoms with Gasteiger partial charge in [0.05, 0.1) is 8.07 Å². The van der Waals surface area contributed by atoms with Crippen molar-refractivity contribution in [3.05, 3.63) is 0 Å². The van der Waals surface area contributed by atoms with Gasteiger partial charge in [0, 0.05) is 12.5 Å². The van der Waals surface area contributed by atoms with E-state index in [1.54, 1.807) is 0 Å². The average molecular weight is 218 g/mol. The van der Waals surface area contributed by atoms with Crippen LogP contribution in [0.5, 0.6) is 0 Å². The van der Waals surface area contributed by atoms with Crippen molar-refractivity contribution in [1.29, 1.82) is 0 Å². The maximum absolute atomic E-state index is 9.90. The van der Waals surface area contributed by atoms with E-state index in [1.165, 1.54) is 0 Å². The summed E-state index contributed by atoms with van der Waals surface area (Å²) in [6, 6.07) is 0.775. The second-order valence-corrected chi connectivity index (χ2v) is 10.8. The van der Waals surface area contributed by atoms with Crippen LogP contribution in [0.15, 0.2) is 0 Å². The number of aliphatic hydroxyl groups excluding tert-OH is 1. The van der Waals surface area contributed by atoms with Crippen LogP contribution in [0.25, 0.3) is 0 Å². The molecule has 3 atom stereocenters. The Kier molecular flexibility index (Phi) is 2.48. The second-order valence-electron chi connectivity index (χ2n) is 5.37. The molecule has 0 radical (unpaired) electrons. The van der Waals surface area contributed by atoms with E-state index in [9.17, 15) is 5.11 Å². The van der Waals surface area contributed by atoms with Gasteiger partial charge in [-0.3, -0.25) is 0 Å². The molecule has 2 bridgehead atoms. The minimum absolute atomic E-state index is 0.269. The predicted octanol–water partition coefficient (Wildman–Crippen LogP) is 1.48. The molecule has 2 rings (SSSR count). The SMILES string of the molecule is C[Si](C)(C)CC12OO[C@H](CC[C@@H]1O)O2. The van der Waals surface area contributed by atoms with Crippen molar-refractivity contribution in [3.8, 4) is 0 Å². The third-order valence-corrected chi connectivity index (χ3v) is 4.14. The van der Waals surface area contributed by atoms with E-state index < -0.39 is 20.0 Å². The molecule has 1 N–H and O–H groups in total. The molecule has 0 aromatic carbocycles. The lowest BCUT2D eigenvalue weighted by Crippen LogP contribution is -2.50. The van der Waals surface area contributed by atoms with Crippen molar-refractivity contribution >= 4 is 8.07 Å². The fourth-order valence-corrected chi connectivity index (χ4v) is 3.94. The standard InChI is InChI=1S/C9H18O4Si/c1-14(2,3)6-9-7(10)4-5-8(11-9)12-13-9/h7-8,10H,4-6H2,1-3H3/t7-,8+,9?/m0/s1. The van der Waals surface area contributed by atoms with Gasteiger partial charge in [0.15, 0.2) is 6.29 Å². The van der Waals surface area contributed by atoms with Crippen LogP contribution in [0.4, 0.5) is 0 Å².